The van der Waals surface area contributed by atoms with Crippen LogP contribution in [0.2, 0.25) is 0 Å². The molecule has 0 N–H and O–H groups in total. The minimum Gasteiger partial charge on any atom is -0.135 e. The average molecular weight is 279 g/mol. The average Bonchev–Trinajstić information content (AvgIpc) is 3.01. The van der Waals surface area contributed by atoms with E-state index in [4.69, 9.17) is 0 Å². The Morgan fingerprint density at radius 3 is 2.65 bits per heavy atom. The first-order valence-corrected chi connectivity index (χ1v) is 7.51. The standard InChI is InChI=1S/C17H15N2S/c1-12-10-14-13-6-3-4-7-16(13)20-17(14)11-15(12)19-9-5-8-18(19)2/h3-11H,1-2H3/q+1. The van der Waals surface area contributed by atoms with E-state index in [2.05, 4.69) is 78.2 Å². The van der Waals surface area contributed by atoms with Crippen molar-refractivity contribution >= 4 is 31.5 Å². The number of nitrogens with zero attached hydrogens (tertiary/aromatic N) is 2. The van der Waals surface area contributed by atoms with Gasteiger partial charge in [-0.3, -0.25) is 0 Å². The third-order valence-corrected chi connectivity index (χ3v) is 4.94. The molecule has 98 valence electrons. The number of hydrogen-bond donors (Lipinski definition) is 0. The van der Waals surface area contributed by atoms with Crippen LogP contribution in [-0.2, 0) is 7.05 Å². The molecule has 0 unspecified atom stereocenters. The maximum atomic E-state index is 2.31. The smallest absolute Gasteiger partial charge is 0.135 e. The number of hydrogen-bond acceptors (Lipinski definition) is 1. The van der Waals surface area contributed by atoms with Crippen molar-refractivity contribution in [3.8, 4) is 5.69 Å². The van der Waals surface area contributed by atoms with Gasteiger partial charge in [-0.15, -0.1) is 20.7 Å². The predicted molar refractivity (Wildman–Crippen MR) is 84.6 cm³/mol. The molecule has 4 rings (SSSR count). The van der Waals surface area contributed by atoms with Crippen LogP contribution in [0.4, 0.5) is 0 Å². The maximum absolute atomic E-state index is 2.31. The highest BCUT2D eigenvalue weighted by atomic mass is 32.1. The van der Waals surface area contributed by atoms with E-state index in [1.807, 2.05) is 11.3 Å². The van der Waals surface area contributed by atoms with E-state index in [1.54, 1.807) is 0 Å². The van der Waals surface area contributed by atoms with E-state index < -0.39 is 0 Å². The molecule has 2 heterocycles. The zero-order valence-electron chi connectivity index (χ0n) is 11.5. The van der Waals surface area contributed by atoms with Gasteiger partial charge in [0, 0.05) is 26.2 Å². The normalized spacial score (nSPS) is 11.5. The quantitative estimate of drug-likeness (QED) is 0.466. The minimum atomic E-state index is 1.25. The van der Waals surface area contributed by atoms with E-state index in [9.17, 15) is 0 Å². The first kappa shape index (κ1) is 11.7. The highest BCUT2D eigenvalue weighted by Crippen LogP contribution is 2.35. The van der Waals surface area contributed by atoms with Gasteiger partial charge in [0.15, 0.2) is 13.2 Å². The molecule has 2 nitrogen and oxygen atoms in total. The van der Waals surface area contributed by atoms with E-state index in [0.717, 1.165) is 0 Å². The largest absolute Gasteiger partial charge is 0.195 e. The Morgan fingerprint density at radius 1 is 1.00 bits per heavy atom. The summed E-state index contributed by atoms with van der Waals surface area (Å²) in [4.78, 5) is 0. The summed E-state index contributed by atoms with van der Waals surface area (Å²) in [7, 11) is 2.06. The molecule has 0 bridgehead atoms. The van der Waals surface area contributed by atoms with Gasteiger partial charge in [-0.25, -0.2) is 0 Å². The molecule has 20 heavy (non-hydrogen) atoms. The Kier molecular flexibility index (Phi) is 2.44. The fraction of sp³-hybridized carbons (Fsp3) is 0.118. The topological polar surface area (TPSA) is 8.81 Å². The second kappa shape index (κ2) is 4.18. The van der Waals surface area contributed by atoms with Crippen molar-refractivity contribution in [3.63, 3.8) is 0 Å². The molecule has 0 spiro atoms. The molecule has 2 aromatic carbocycles. The molecule has 0 aliphatic rings. The minimum absolute atomic E-state index is 1.25. The van der Waals surface area contributed by atoms with E-state index >= 15 is 0 Å². The number of thiophene rings is 1. The molecular formula is C17H15N2S+. The van der Waals surface area contributed by atoms with Crippen LogP contribution in [0, 0.1) is 6.92 Å². The fourth-order valence-electron chi connectivity index (χ4n) is 2.79. The van der Waals surface area contributed by atoms with Gasteiger partial charge in [-0.05, 0) is 30.7 Å². The predicted octanol–water partition coefficient (Wildman–Crippen LogP) is 3.98. The number of rotatable bonds is 1. The number of fused-ring (bicyclic) bond motifs is 3. The fourth-order valence-corrected chi connectivity index (χ4v) is 3.91. The van der Waals surface area contributed by atoms with E-state index in [0.29, 0.717) is 0 Å². The summed E-state index contributed by atoms with van der Waals surface area (Å²) in [5, 5.41) is 2.72. The number of aryl methyl sites for hydroxylation is 2. The summed E-state index contributed by atoms with van der Waals surface area (Å²) in [5.41, 5.74) is 2.55. The third-order valence-electron chi connectivity index (χ3n) is 3.81. The molecule has 0 fully saturated rings. The SMILES string of the molecule is Cc1cc2c(cc1-n1ccc[n+]1C)sc1ccccc12. The summed E-state index contributed by atoms with van der Waals surface area (Å²) < 4.78 is 6.98. The van der Waals surface area contributed by atoms with Crippen LogP contribution in [0.25, 0.3) is 25.9 Å². The Bertz CT molecular complexity index is 931. The number of benzene rings is 2. The summed E-state index contributed by atoms with van der Waals surface area (Å²) in [5.74, 6) is 0. The highest BCUT2D eigenvalue weighted by Gasteiger charge is 2.12. The molecule has 0 saturated carbocycles. The van der Waals surface area contributed by atoms with Crippen molar-refractivity contribution in [1.29, 1.82) is 0 Å². The van der Waals surface area contributed by atoms with Crippen molar-refractivity contribution in [1.82, 2.24) is 4.68 Å². The van der Waals surface area contributed by atoms with Gasteiger partial charge in [-0.2, -0.15) is 0 Å². The van der Waals surface area contributed by atoms with Gasteiger partial charge in [-0.1, -0.05) is 18.2 Å². The van der Waals surface area contributed by atoms with Gasteiger partial charge in [0.25, 0.3) is 0 Å². The van der Waals surface area contributed by atoms with Crippen LogP contribution < -0.4 is 4.68 Å². The van der Waals surface area contributed by atoms with Gasteiger partial charge >= 0.3 is 0 Å². The van der Waals surface area contributed by atoms with Crippen LogP contribution >= 0.6 is 11.3 Å². The van der Waals surface area contributed by atoms with Crippen molar-refractivity contribution < 1.29 is 4.68 Å². The van der Waals surface area contributed by atoms with Gasteiger partial charge in [0.1, 0.15) is 5.69 Å². The second-order valence-corrected chi connectivity index (χ2v) is 6.23. The monoisotopic (exact) mass is 279 g/mol. The zero-order chi connectivity index (χ0) is 13.7. The van der Waals surface area contributed by atoms with Crippen molar-refractivity contribution in [3.05, 3.63) is 60.4 Å². The molecule has 0 atom stereocenters. The van der Waals surface area contributed by atoms with Gasteiger partial charge in [0.05, 0.1) is 6.20 Å². The first-order chi connectivity index (χ1) is 9.74. The van der Waals surface area contributed by atoms with E-state index in [1.165, 1.54) is 31.4 Å². The molecule has 0 amide bonds. The lowest BCUT2D eigenvalue weighted by atomic mass is 10.1. The lowest BCUT2D eigenvalue weighted by Gasteiger charge is -2.05. The van der Waals surface area contributed by atoms with Gasteiger partial charge < -0.3 is 0 Å². The van der Waals surface area contributed by atoms with Crippen LogP contribution in [0.1, 0.15) is 5.56 Å². The Hall–Kier alpha value is -2.13. The first-order valence-electron chi connectivity index (χ1n) is 6.69. The molecule has 0 aliphatic carbocycles. The Morgan fingerprint density at radius 2 is 1.85 bits per heavy atom. The van der Waals surface area contributed by atoms with Crippen LogP contribution in [0.3, 0.4) is 0 Å². The summed E-state index contributed by atoms with van der Waals surface area (Å²) in [6.45, 7) is 2.18. The van der Waals surface area contributed by atoms with Crippen LogP contribution in [0.5, 0.6) is 0 Å². The third kappa shape index (κ3) is 1.60. The summed E-state index contributed by atoms with van der Waals surface area (Å²) in [6.07, 6.45) is 4.16. The molecule has 0 saturated heterocycles. The molecular weight excluding hydrogens is 264 g/mol. The zero-order valence-corrected chi connectivity index (χ0v) is 12.3. The molecule has 0 radical (unpaired) electrons. The molecule has 0 aliphatic heterocycles. The second-order valence-electron chi connectivity index (χ2n) is 5.14. The lowest BCUT2D eigenvalue weighted by Crippen LogP contribution is -2.36. The number of aromatic nitrogens is 2. The van der Waals surface area contributed by atoms with Crippen molar-refractivity contribution in [2.75, 3.05) is 0 Å². The summed E-state index contributed by atoms with van der Waals surface area (Å²) in [6, 6.07) is 15.3. The van der Waals surface area contributed by atoms with Gasteiger partial charge in [0.2, 0.25) is 0 Å². The van der Waals surface area contributed by atoms with Crippen LogP contribution in [-0.4, -0.2) is 4.68 Å². The molecule has 2 aromatic heterocycles. The molecule has 3 heteroatoms. The van der Waals surface area contributed by atoms with E-state index in [-0.39, 0.29) is 0 Å². The van der Waals surface area contributed by atoms with Crippen molar-refractivity contribution in [2.24, 2.45) is 7.05 Å². The molecule has 4 aromatic rings. The van der Waals surface area contributed by atoms with Crippen LogP contribution in [0.15, 0.2) is 54.9 Å². The Balaban J connectivity index is 2.08. The summed E-state index contributed by atoms with van der Waals surface area (Å²) >= 11 is 1.87. The Labute approximate surface area is 121 Å². The lowest BCUT2D eigenvalue weighted by molar-refractivity contribution is -0.744. The highest BCUT2D eigenvalue weighted by molar-refractivity contribution is 7.25. The van der Waals surface area contributed by atoms with Crippen molar-refractivity contribution in [2.45, 2.75) is 6.92 Å². The maximum Gasteiger partial charge on any atom is 0.195 e.